The van der Waals surface area contributed by atoms with Gasteiger partial charge in [-0.15, -0.1) is 13.2 Å². The van der Waals surface area contributed by atoms with Crippen molar-refractivity contribution in [3.05, 3.63) is 22.7 Å². The molecule has 0 spiro atoms. The second-order valence-corrected chi connectivity index (χ2v) is 2.76. The molecule has 0 radical (unpaired) electrons. The van der Waals surface area contributed by atoms with Gasteiger partial charge in [0.05, 0.1) is 11.9 Å². The summed E-state index contributed by atoms with van der Waals surface area (Å²) >= 11 is 5.26. The van der Waals surface area contributed by atoms with E-state index in [-0.39, 0.29) is 5.69 Å². The molecule has 1 aromatic rings. The van der Waals surface area contributed by atoms with Crippen LogP contribution in [-0.4, -0.2) is 11.3 Å². The van der Waals surface area contributed by atoms with Gasteiger partial charge >= 0.3 is 6.36 Å². The van der Waals surface area contributed by atoms with Crippen molar-refractivity contribution in [2.75, 3.05) is 0 Å². The first kappa shape index (κ1) is 11.0. The van der Waals surface area contributed by atoms with E-state index >= 15 is 0 Å². The Kier molecular flexibility index (Phi) is 2.84. The van der Waals surface area contributed by atoms with Gasteiger partial charge in [0.25, 0.3) is 0 Å². The Morgan fingerprint density at radius 2 is 2.00 bits per heavy atom. The number of pyridine rings is 1. The fourth-order valence-electron chi connectivity index (χ4n) is 0.732. The van der Waals surface area contributed by atoms with E-state index in [1.54, 1.807) is 0 Å². The molecule has 1 heterocycles. The van der Waals surface area contributed by atoms with Crippen molar-refractivity contribution in [2.45, 2.75) is 13.3 Å². The molecule has 7 heteroatoms. The lowest BCUT2D eigenvalue weighted by Crippen LogP contribution is -2.18. The molecule has 0 N–H and O–H groups in total. The highest BCUT2D eigenvalue weighted by atomic mass is 35.5. The van der Waals surface area contributed by atoms with E-state index in [4.69, 9.17) is 11.6 Å². The molecule has 1 rings (SSSR count). The molecule has 78 valence electrons. The van der Waals surface area contributed by atoms with Crippen LogP contribution in [0.5, 0.6) is 5.75 Å². The normalized spacial score (nSPS) is 11.6. The van der Waals surface area contributed by atoms with E-state index in [0.29, 0.717) is 6.20 Å². The Morgan fingerprint density at radius 1 is 1.43 bits per heavy atom. The van der Waals surface area contributed by atoms with Gasteiger partial charge in [0.1, 0.15) is 5.02 Å². The fourth-order valence-corrected chi connectivity index (χ4v) is 0.956. The number of aromatic nitrogens is 1. The number of aryl methyl sites for hydroxylation is 1. The maximum Gasteiger partial charge on any atom is 0.573 e. The lowest BCUT2D eigenvalue weighted by Gasteiger charge is -2.10. The summed E-state index contributed by atoms with van der Waals surface area (Å²) < 4.78 is 51.5. The van der Waals surface area contributed by atoms with E-state index in [1.165, 1.54) is 6.92 Å². The molecule has 0 saturated carbocycles. The second-order valence-electron chi connectivity index (χ2n) is 2.38. The molecule has 0 aliphatic rings. The summed E-state index contributed by atoms with van der Waals surface area (Å²) in [5.74, 6) is -1.87. The van der Waals surface area contributed by atoms with Gasteiger partial charge in [-0.25, -0.2) is 4.39 Å². The third-order valence-corrected chi connectivity index (χ3v) is 1.68. The first-order chi connectivity index (χ1) is 6.31. The molecule has 0 fully saturated rings. The Balaban J connectivity index is 3.06. The number of hydrogen-bond donors (Lipinski definition) is 0. The van der Waals surface area contributed by atoms with Crippen LogP contribution in [0.1, 0.15) is 5.69 Å². The van der Waals surface area contributed by atoms with Crippen LogP contribution in [0, 0.1) is 12.7 Å². The summed E-state index contributed by atoms with van der Waals surface area (Å²) in [5.41, 5.74) is -0.0930. The Morgan fingerprint density at radius 3 is 2.50 bits per heavy atom. The largest absolute Gasteiger partial charge is 0.573 e. The third kappa shape index (κ3) is 2.47. The van der Waals surface area contributed by atoms with Crippen molar-refractivity contribution in [1.29, 1.82) is 0 Å². The lowest BCUT2D eigenvalue weighted by atomic mass is 10.3. The van der Waals surface area contributed by atoms with Crippen molar-refractivity contribution >= 4 is 11.6 Å². The zero-order valence-electron chi connectivity index (χ0n) is 6.82. The monoisotopic (exact) mass is 229 g/mol. The van der Waals surface area contributed by atoms with Crippen LogP contribution in [0.2, 0.25) is 5.02 Å². The van der Waals surface area contributed by atoms with Crippen molar-refractivity contribution in [3.8, 4) is 5.75 Å². The van der Waals surface area contributed by atoms with Crippen LogP contribution in [0.3, 0.4) is 0 Å². The SMILES string of the molecule is Cc1ncc(OC(F)(F)F)c(Cl)c1F. The Bertz CT molecular complexity index is 352. The molecule has 0 aliphatic heterocycles. The first-order valence-corrected chi connectivity index (χ1v) is 3.75. The predicted molar refractivity (Wildman–Crippen MR) is 40.6 cm³/mol. The average molecular weight is 230 g/mol. The Hall–Kier alpha value is -1.04. The summed E-state index contributed by atoms with van der Waals surface area (Å²) in [5, 5.41) is -0.727. The molecule has 2 nitrogen and oxygen atoms in total. The maximum absolute atomic E-state index is 12.9. The van der Waals surface area contributed by atoms with Crippen molar-refractivity contribution in [2.24, 2.45) is 0 Å². The minimum atomic E-state index is -4.91. The lowest BCUT2D eigenvalue weighted by molar-refractivity contribution is -0.274. The molecule has 0 unspecified atom stereocenters. The molecule has 0 atom stereocenters. The standard InChI is InChI=1S/C7H4ClF4NO/c1-3-6(9)5(8)4(2-13-3)14-7(10,11)12/h2H,1H3. The summed E-state index contributed by atoms with van der Waals surface area (Å²) in [4.78, 5) is 3.34. The van der Waals surface area contributed by atoms with Gasteiger partial charge in [0.15, 0.2) is 11.6 Å². The summed E-state index contributed by atoms with van der Waals surface area (Å²) in [7, 11) is 0. The van der Waals surface area contributed by atoms with Gasteiger partial charge in [-0.3, -0.25) is 4.98 Å². The molecule has 0 amide bonds. The van der Waals surface area contributed by atoms with Crippen LogP contribution in [0.15, 0.2) is 6.20 Å². The van der Waals surface area contributed by atoms with Gasteiger partial charge in [-0.05, 0) is 6.92 Å². The Labute approximate surface area is 81.5 Å². The first-order valence-electron chi connectivity index (χ1n) is 3.37. The van der Waals surface area contributed by atoms with E-state index in [0.717, 1.165) is 0 Å². The highest BCUT2D eigenvalue weighted by molar-refractivity contribution is 6.32. The van der Waals surface area contributed by atoms with Gasteiger partial charge in [0, 0.05) is 0 Å². The highest BCUT2D eigenvalue weighted by Crippen LogP contribution is 2.31. The van der Waals surface area contributed by atoms with Crippen LogP contribution < -0.4 is 4.74 Å². The average Bonchev–Trinajstić information content (AvgIpc) is 2.04. The van der Waals surface area contributed by atoms with Crippen molar-refractivity contribution in [1.82, 2.24) is 4.98 Å². The summed E-state index contributed by atoms with van der Waals surface area (Å²) in [6, 6.07) is 0. The molecule has 0 aliphatic carbocycles. The maximum atomic E-state index is 12.9. The van der Waals surface area contributed by atoms with E-state index in [9.17, 15) is 17.6 Å². The van der Waals surface area contributed by atoms with Gasteiger partial charge < -0.3 is 4.74 Å². The molecule has 0 bridgehead atoms. The number of alkyl halides is 3. The van der Waals surface area contributed by atoms with Crippen molar-refractivity contribution in [3.63, 3.8) is 0 Å². The number of halogens is 5. The number of rotatable bonds is 1. The summed E-state index contributed by atoms with van der Waals surface area (Å²) in [6.45, 7) is 1.28. The number of nitrogens with zero attached hydrogens (tertiary/aromatic N) is 1. The quantitative estimate of drug-likeness (QED) is 0.691. The molecule has 1 aromatic heterocycles. The predicted octanol–water partition coefficient (Wildman–Crippen LogP) is 3.08. The van der Waals surface area contributed by atoms with E-state index in [1.807, 2.05) is 0 Å². The highest BCUT2D eigenvalue weighted by Gasteiger charge is 2.32. The van der Waals surface area contributed by atoms with Crippen LogP contribution in [0.4, 0.5) is 17.6 Å². The van der Waals surface area contributed by atoms with Crippen molar-refractivity contribution < 1.29 is 22.3 Å². The minimum Gasteiger partial charge on any atom is -0.402 e. The molecule has 0 saturated heterocycles. The number of hydrogen-bond acceptors (Lipinski definition) is 2. The molecular formula is C7H4ClF4NO. The van der Waals surface area contributed by atoms with Gasteiger partial charge in [-0.2, -0.15) is 0 Å². The van der Waals surface area contributed by atoms with E-state index < -0.39 is 23.0 Å². The smallest absolute Gasteiger partial charge is 0.402 e. The molecule has 0 aromatic carbocycles. The zero-order valence-corrected chi connectivity index (χ0v) is 7.58. The van der Waals surface area contributed by atoms with Crippen LogP contribution in [-0.2, 0) is 0 Å². The third-order valence-electron chi connectivity index (χ3n) is 1.33. The zero-order chi connectivity index (χ0) is 10.9. The molecular weight excluding hydrogens is 226 g/mol. The van der Waals surface area contributed by atoms with E-state index in [2.05, 4.69) is 9.72 Å². The fraction of sp³-hybridized carbons (Fsp3) is 0.286. The van der Waals surface area contributed by atoms with Gasteiger partial charge in [0.2, 0.25) is 0 Å². The second kappa shape index (κ2) is 3.61. The molecule has 14 heavy (non-hydrogen) atoms. The topological polar surface area (TPSA) is 22.1 Å². The van der Waals surface area contributed by atoms with Gasteiger partial charge in [-0.1, -0.05) is 11.6 Å². The number of ether oxygens (including phenoxy) is 1. The minimum absolute atomic E-state index is 0.0930. The van der Waals surface area contributed by atoms with Crippen LogP contribution >= 0.6 is 11.6 Å². The summed E-state index contributed by atoms with van der Waals surface area (Å²) in [6.07, 6.45) is -4.19. The van der Waals surface area contributed by atoms with Crippen LogP contribution in [0.25, 0.3) is 0 Å².